The number of nitrogens with one attached hydrogen (secondary N) is 1. The van der Waals surface area contributed by atoms with Crippen LogP contribution in [0.5, 0.6) is 0 Å². The molecule has 1 saturated heterocycles. The molecule has 0 radical (unpaired) electrons. The molecule has 3 rings (SSSR count). The number of aryl methyl sites for hydroxylation is 1. The van der Waals surface area contributed by atoms with Crippen molar-refractivity contribution in [2.45, 2.75) is 13.5 Å². The van der Waals surface area contributed by atoms with Gasteiger partial charge in [0.25, 0.3) is 0 Å². The normalized spacial score (nSPS) is 12.9. The molecule has 0 bridgehead atoms. The number of carbonyl (C=O) groups is 1. The predicted octanol–water partition coefficient (Wildman–Crippen LogP) is -7.72. The Balaban J connectivity index is 0. The molecule has 1 fully saturated rings. The summed E-state index contributed by atoms with van der Waals surface area (Å²) in [5, 5.41) is 12.5. The van der Waals surface area contributed by atoms with E-state index in [0.717, 1.165) is 19.2 Å². The van der Waals surface area contributed by atoms with Gasteiger partial charge in [-0.3, -0.25) is 4.79 Å². The van der Waals surface area contributed by atoms with Crippen molar-refractivity contribution >= 4 is 22.6 Å². The maximum atomic E-state index is 14.5. The van der Waals surface area contributed by atoms with Crippen LogP contribution in [0.3, 0.4) is 0 Å². The Hall–Kier alpha value is -0.800. The fourth-order valence-corrected chi connectivity index (χ4v) is 2.96. The van der Waals surface area contributed by atoms with E-state index in [4.69, 9.17) is 5.11 Å². The number of aromatic nitrogens is 1. The molecule has 0 amide bonds. The molecule has 0 aliphatic carbocycles. The van der Waals surface area contributed by atoms with E-state index in [1.54, 1.807) is 10.6 Å². The van der Waals surface area contributed by atoms with Gasteiger partial charge in [0.2, 0.25) is 5.43 Å². The van der Waals surface area contributed by atoms with Crippen LogP contribution in [0.25, 0.3) is 10.9 Å². The third kappa shape index (κ3) is 5.60. The van der Waals surface area contributed by atoms with E-state index in [-0.39, 0.29) is 70.6 Å². The van der Waals surface area contributed by atoms with Crippen LogP contribution in [0.1, 0.15) is 17.3 Å². The molecule has 1 aromatic heterocycles. The number of rotatable bonds is 3. The van der Waals surface area contributed by atoms with Crippen LogP contribution in [0.2, 0.25) is 0 Å². The zero-order valence-electron chi connectivity index (χ0n) is 14.2. The number of hydrogen-bond donors (Lipinski definition) is 2. The summed E-state index contributed by atoms with van der Waals surface area (Å²) in [7, 11) is 0. The Morgan fingerprint density at radius 2 is 1.81 bits per heavy atom. The third-order valence-corrected chi connectivity index (χ3v) is 4.18. The van der Waals surface area contributed by atoms with Crippen molar-refractivity contribution in [2.75, 3.05) is 31.1 Å². The number of aromatic carboxylic acids is 1. The monoisotopic (exact) mass is 621 g/mol. The van der Waals surface area contributed by atoms with E-state index < -0.39 is 17.2 Å². The van der Waals surface area contributed by atoms with Crippen molar-refractivity contribution in [2.24, 2.45) is 0 Å². The van der Waals surface area contributed by atoms with Crippen molar-refractivity contribution in [1.29, 1.82) is 0 Å². The van der Waals surface area contributed by atoms with E-state index in [1.807, 2.05) is 11.8 Å². The Morgan fingerprint density at radius 1 is 1.22 bits per heavy atom. The van der Waals surface area contributed by atoms with E-state index in [2.05, 4.69) is 5.32 Å². The number of anilines is 1. The van der Waals surface area contributed by atoms with Gasteiger partial charge in [0.15, 0.2) is 0 Å². The number of pyridine rings is 1. The molecular formula is C16H18AuCl3FN3O3. The predicted molar refractivity (Wildman–Crippen MR) is 85.9 cm³/mol. The van der Waals surface area contributed by atoms with Gasteiger partial charge in [0.1, 0.15) is 11.4 Å². The molecule has 0 unspecified atom stereocenters. The van der Waals surface area contributed by atoms with Crippen molar-refractivity contribution in [1.82, 2.24) is 9.88 Å². The van der Waals surface area contributed by atoms with Crippen LogP contribution in [0, 0.1) is 5.82 Å². The van der Waals surface area contributed by atoms with Crippen LogP contribution < -0.4 is 52.9 Å². The Bertz CT molecular complexity index is 845. The minimum atomic E-state index is -1.30. The van der Waals surface area contributed by atoms with Crippen molar-refractivity contribution < 1.29 is 73.9 Å². The molecule has 2 aromatic rings. The van der Waals surface area contributed by atoms with Crippen LogP contribution >= 0.6 is 0 Å². The number of carboxylic acid groups (broad SMARTS) is 1. The molecule has 27 heavy (non-hydrogen) atoms. The summed E-state index contributed by atoms with van der Waals surface area (Å²) in [5.74, 6) is -1.80. The van der Waals surface area contributed by atoms with Gasteiger partial charge in [-0.15, -0.1) is 0 Å². The fraction of sp³-hybridized carbons (Fsp3) is 0.375. The second-order valence-electron chi connectivity index (χ2n) is 5.52. The van der Waals surface area contributed by atoms with Gasteiger partial charge >= 0.3 is 28.3 Å². The number of nitrogens with zero attached hydrogens (tertiary/aromatic N) is 2. The first-order chi connectivity index (χ1) is 11.0. The first kappa shape index (κ1) is 28.4. The minimum Gasteiger partial charge on any atom is -1.00 e. The fourth-order valence-electron chi connectivity index (χ4n) is 2.96. The summed E-state index contributed by atoms with van der Waals surface area (Å²) in [6.07, 6.45) is 1.33. The number of piperazine rings is 1. The number of benzene rings is 1. The average molecular weight is 623 g/mol. The summed E-state index contributed by atoms with van der Waals surface area (Å²) in [4.78, 5) is 25.4. The maximum absolute atomic E-state index is 14.5. The molecular weight excluding hydrogens is 605 g/mol. The SMILES string of the molecule is CCn1cc(C(=O)O)c(=O)c2cc(F)c(N3CCNCC3)cc21.[Au+3].[Cl-].[Cl-].[Cl-]. The van der Waals surface area contributed by atoms with Crippen LogP contribution in [-0.4, -0.2) is 41.8 Å². The summed E-state index contributed by atoms with van der Waals surface area (Å²) in [5.41, 5.74) is 0.0118. The van der Waals surface area contributed by atoms with Crippen molar-refractivity contribution in [3.63, 3.8) is 0 Å². The number of carboxylic acids is 1. The third-order valence-electron chi connectivity index (χ3n) is 4.18. The second-order valence-corrected chi connectivity index (χ2v) is 5.52. The summed E-state index contributed by atoms with van der Waals surface area (Å²) in [6, 6.07) is 2.81. The Kier molecular flexibility index (Phi) is 12.5. The molecule has 11 heteroatoms. The maximum Gasteiger partial charge on any atom is 3.00 e. The largest absolute Gasteiger partial charge is 3.00 e. The van der Waals surface area contributed by atoms with Gasteiger partial charge in [0.05, 0.1) is 11.2 Å². The Morgan fingerprint density at radius 3 is 2.33 bits per heavy atom. The molecule has 1 aromatic carbocycles. The second kappa shape index (κ2) is 11.9. The average Bonchev–Trinajstić information content (AvgIpc) is 2.55. The summed E-state index contributed by atoms with van der Waals surface area (Å²) >= 11 is 0. The van der Waals surface area contributed by atoms with E-state index in [0.29, 0.717) is 30.8 Å². The zero-order valence-corrected chi connectivity index (χ0v) is 18.7. The molecule has 2 heterocycles. The van der Waals surface area contributed by atoms with Gasteiger partial charge in [-0.2, -0.15) is 0 Å². The number of halogens is 4. The van der Waals surface area contributed by atoms with Gasteiger partial charge < -0.3 is 57.1 Å². The van der Waals surface area contributed by atoms with E-state index in [1.165, 1.54) is 6.20 Å². The number of fused-ring (bicyclic) bond motifs is 1. The van der Waals surface area contributed by atoms with Gasteiger partial charge in [-0.1, -0.05) is 0 Å². The van der Waals surface area contributed by atoms with Gasteiger partial charge in [0, 0.05) is 44.3 Å². The molecule has 0 saturated carbocycles. The quantitative estimate of drug-likeness (QED) is 0.333. The molecule has 154 valence electrons. The first-order valence-corrected chi connectivity index (χ1v) is 7.58. The molecule has 1 aliphatic heterocycles. The minimum absolute atomic E-state index is 0. The standard InChI is InChI=1S/C16H18FN3O3.Au.3ClH/c1-2-19-9-11(16(22)23)15(21)10-7-12(17)14(8-13(10)19)20-5-3-18-4-6-20;;;;/h7-9,18H,2-6H2,1H3,(H,22,23);;3*1H/q;+3;;;/p-3. The Labute approximate surface area is 190 Å². The van der Waals surface area contributed by atoms with E-state index in [9.17, 15) is 14.0 Å². The smallest absolute Gasteiger partial charge is 1.00 e. The van der Waals surface area contributed by atoms with E-state index >= 15 is 0 Å². The molecule has 1 aliphatic rings. The first-order valence-electron chi connectivity index (χ1n) is 7.58. The van der Waals surface area contributed by atoms with Crippen LogP contribution in [0.4, 0.5) is 10.1 Å². The van der Waals surface area contributed by atoms with Crippen molar-refractivity contribution in [3.05, 3.63) is 39.9 Å². The summed E-state index contributed by atoms with van der Waals surface area (Å²) < 4.78 is 16.2. The zero-order chi connectivity index (χ0) is 16.6. The molecule has 2 N–H and O–H groups in total. The van der Waals surface area contributed by atoms with Crippen LogP contribution in [0.15, 0.2) is 23.1 Å². The molecule has 0 atom stereocenters. The van der Waals surface area contributed by atoms with Gasteiger partial charge in [-0.25, -0.2) is 9.18 Å². The number of hydrogen-bond acceptors (Lipinski definition) is 4. The molecule has 0 spiro atoms. The van der Waals surface area contributed by atoms with Crippen molar-refractivity contribution in [3.8, 4) is 0 Å². The van der Waals surface area contributed by atoms with Crippen LogP contribution in [-0.2, 0) is 28.9 Å². The van der Waals surface area contributed by atoms with Gasteiger partial charge in [-0.05, 0) is 19.1 Å². The topological polar surface area (TPSA) is 74.6 Å². The summed E-state index contributed by atoms with van der Waals surface area (Å²) in [6.45, 7) is 5.26. The molecule has 6 nitrogen and oxygen atoms in total.